The van der Waals surface area contributed by atoms with E-state index in [4.69, 9.17) is 0 Å². The molecule has 2 saturated heterocycles. The van der Waals surface area contributed by atoms with E-state index in [1.807, 2.05) is 0 Å². The largest absolute Gasteiger partial charge is 0.396 e. The second kappa shape index (κ2) is 4.51. The van der Waals surface area contributed by atoms with Gasteiger partial charge in [0, 0.05) is 6.61 Å². The van der Waals surface area contributed by atoms with Crippen LogP contribution in [0.5, 0.6) is 0 Å². The maximum absolute atomic E-state index is 11.4. The summed E-state index contributed by atoms with van der Waals surface area (Å²) in [5, 5.41) is 9.40. The predicted octanol–water partition coefficient (Wildman–Crippen LogP) is -0.536. The van der Waals surface area contributed by atoms with Crippen LogP contribution in [0.15, 0.2) is 0 Å². The van der Waals surface area contributed by atoms with Gasteiger partial charge < -0.3 is 5.11 Å². The number of aliphatic hydroxyl groups is 1. The number of aliphatic hydroxyl groups excluding tert-OH is 1. The van der Waals surface area contributed by atoms with Crippen LogP contribution in [0.1, 0.15) is 12.8 Å². The lowest BCUT2D eigenvalue weighted by Crippen LogP contribution is -2.28. The highest BCUT2D eigenvalue weighted by Gasteiger charge is 2.41. The van der Waals surface area contributed by atoms with Crippen LogP contribution in [-0.2, 0) is 19.7 Å². The molecule has 7 heteroatoms. The van der Waals surface area contributed by atoms with Crippen molar-refractivity contribution in [3.63, 3.8) is 0 Å². The van der Waals surface area contributed by atoms with E-state index in [-0.39, 0.29) is 47.4 Å². The molecule has 2 fully saturated rings. The van der Waals surface area contributed by atoms with Gasteiger partial charge in [0.2, 0.25) is 0 Å². The summed E-state index contributed by atoms with van der Waals surface area (Å²) in [5.41, 5.74) is 0. The van der Waals surface area contributed by atoms with Gasteiger partial charge in [0.05, 0.1) is 23.0 Å². The van der Waals surface area contributed by atoms with Crippen molar-refractivity contribution < 1.29 is 21.9 Å². The number of hydrogen-bond donors (Lipinski definition) is 1. The molecule has 5 nitrogen and oxygen atoms in total. The third-order valence-corrected chi connectivity index (χ3v) is 7.54. The molecule has 0 saturated carbocycles. The fourth-order valence-electron chi connectivity index (χ4n) is 3.01. The standard InChI is InChI=1S/C10H18O5S2/c11-5-10(8-1-3-16(12,13)6-8)9-2-4-17(14,15)7-9/h8-11H,1-7H2. The van der Waals surface area contributed by atoms with E-state index < -0.39 is 19.7 Å². The molecule has 0 aliphatic carbocycles. The molecule has 0 aromatic carbocycles. The molecule has 1 N–H and O–H groups in total. The van der Waals surface area contributed by atoms with Crippen LogP contribution in [0.3, 0.4) is 0 Å². The van der Waals surface area contributed by atoms with Crippen LogP contribution < -0.4 is 0 Å². The van der Waals surface area contributed by atoms with Crippen molar-refractivity contribution in [2.75, 3.05) is 29.6 Å². The highest BCUT2D eigenvalue weighted by atomic mass is 32.2. The van der Waals surface area contributed by atoms with Gasteiger partial charge in [0.1, 0.15) is 0 Å². The molecular formula is C10H18O5S2. The highest BCUT2D eigenvalue weighted by Crippen LogP contribution is 2.35. The first-order valence-corrected chi connectivity index (χ1v) is 9.49. The van der Waals surface area contributed by atoms with Gasteiger partial charge in [-0.3, -0.25) is 0 Å². The molecule has 0 radical (unpaired) electrons. The molecule has 2 aliphatic rings. The fraction of sp³-hybridized carbons (Fsp3) is 1.00. The Morgan fingerprint density at radius 3 is 1.59 bits per heavy atom. The Bertz CT molecular complexity index is 435. The van der Waals surface area contributed by atoms with Crippen LogP contribution in [0, 0.1) is 17.8 Å². The first-order valence-electron chi connectivity index (χ1n) is 5.85. The van der Waals surface area contributed by atoms with Gasteiger partial charge in [-0.25, -0.2) is 16.8 Å². The molecule has 2 aliphatic heterocycles. The van der Waals surface area contributed by atoms with E-state index in [1.54, 1.807) is 0 Å². The van der Waals surface area contributed by atoms with Crippen LogP contribution in [-0.4, -0.2) is 51.6 Å². The lowest BCUT2D eigenvalue weighted by Gasteiger charge is -2.25. The Kier molecular flexibility index (Phi) is 3.53. The fourth-order valence-corrected chi connectivity index (χ4v) is 6.80. The molecule has 0 bridgehead atoms. The van der Waals surface area contributed by atoms with Crippen molar-refractivity contribution >= 4 is 19.7 Å². The molecular weight excluding hydrogens is 264 g/mol. The van der Waals surface area contributed by atoms with Crippen LogP contribution in [0.4, 0.5) is 0 Å². The van der Waals surface area contributed by atoms with Crippen LogP contribution in [0.2, 0.25) is 0 Å². The summed E-state index contributed by atoms with van der Waals surface area (Å²) < 4.78 is 45.6. The van der Waals surface area contributed by atoms with Crippen molar-refractivity contribution in [3.8, 4) is 0 Å². The van der Waals surface area contributed by atoms with Gasteiger partial charge in [-0.15, -0.1) is 0 Å². The monoisotopic (exact) mass is 282 g/mol. The minimum atomic E-state index is -2.97. The number of rotatable bonds is 3. The minimum Gasteiger partial charge on any atom is -0.396 e. The lowest BCUT2D eigenvalue weighted by atomic mass is 9.81. The van der Waals surface area contributed by atoms with Crippen molar-refractivity contribution in [3.05, 3.63) is 0 Å². The average molecular weight is 282 g/mol. The van der Waals surface area contributed by atoms with E-state index in [9.17, 15) is 21.9 Å². The maximum atomic E-state index is 11.4. The molecule has 0 aromatic rings. The molecule has 2 rings (SSSR count). The van der Waals surface area contributed by atoms with Crippen LogP contribution >= 0.6 is 0 Å². The van der Waals surface area contributed by atoms with Gasteiger partial charge in [-0.05, 0) is 30.6 Å². The summed E-state index contributed by atoms with van der Waals surface area (Å²) in [6.45, 7) is -0.111. The van der Waals surface area contributed by atoms with Gasteiger partial charge >= 0.3 is 0 Å². The Hall–Kier alpha value is -0.140. The summed E-state index contributed by atoms with van der Waals surface area (Å²) in [6, 6.07) is 0. The topological polar surface area (TPSA) is 88.5 Å². The Morgan fingerprint density at radius 1 is 0.941 bits per heavy atom. The first kappa shape index (κ1) is 13.3. The molecule has 0 spiro atoms. The summed E-state index contributed by atoms with van der Waals surface area (Å²) in [6.07, 6.45) is 1.12. The van der Waals surface area contributed by atoms with Gasteiger partial charge in [-0.1, -0.05) is 0 Å². The quantitative estimate of drug-likeness (QED) is 0.751. The van der Waals surface area contributed by atoms with Gasteiger partial charge in [-0.2, -0.15) is 0 Å². The number of sulfone groups is 2. The molecule has 2 atom stereocenters. The molecule has 2 unspecified atom stereocenters. The molecule has 17 heavy (non-hydrogen) atoms. The zero-order chi connectivity index (χ0) is 12.7. The van der Waals surface area contributed by atoms with E-state index in [2.05, 4.69) is 0 Å². The normalized spacial score (nSPS) is 37.0. The SMILES string of the molecule is O=S1(=O)CCC(C(CO)C2CCS(=O)(=O)C2)C1. The summed E-state index contributed by atoms with van der Waals surface area (Å²) in [7, 11) is -5.94. The molecule has 100 valence electrons. The molecule has 0 aromatic heterocycles. The van der Waals surface area contributed by atoms with Gasteiger partial charge in [0.15, 0.2) is 19.7 Å². The first-order chi connectivity index (χ1) is 7.83. The Balaban J connectivity index is 2.08. The summed E-state index contributed by atoms with van der Waals surface area (Å²) in [5.74, 6) is 0.251. The molecule has 0 amide bonds. The Morgan fingerprint density at radius 2 is 1.35 bits per heavy atom. The third-order valence-electron chi connectivity index (χ3n) is 3.96. The second-order valence-electron chi connectivity index (χ2n) is 5.17. The zero-order valence-corrected chi connectivity index (χ0v) is 11.2. The summed E-state index contributed by atoms with van der Waals surface area (Å²) in [4.78, 5) is 0. The van der Waals surface area contributed by atoms with Gasteiger partial charge in [0.25, 0.3) is 0 Å². The average Bonchev–Trinajstić information content (AvgIpc) is 2.72. The van der Waals surface area contributed by atoms with E-state index in [1.165, 1.54) is 0 Å². The maximum Gasteiger partial charge on any atom is 0.150 e. The van der Waals surface area contributed by atoms with E-state index in [0.29, 0.717) is 12.8 Å². The summed E-state index contributed by atoms with van der Waals surface area (Å²) >= 11 is 0. The third kappa shape index (κ3) is 3.00. The Labute approximate surface area is 102 Å². The van der Waals surface area contributed by atoms with E-state index in [0.717, 1.165) is 0 Å². The van der Waals surface area contributed by atoms with E-state index >= 15 is 0 Å². The van der Waals surface area contributed by atoms with Crippen molar-refractivity contribution in [2.24, 2.45) is 17.8 Å². The smallest absolute Gasteiger partial charge is 0.150 e. The van der Waals surface area contributed by atoms with Crippen molar-refractivity contribution in [1.29, 1.82) is 0 Å². The second-order valence-corrected chi connectivity index (χ2v) is 9.63. The highest BCUT2D eigenvalue weighted by molar-refractivity contribution is 7.91. The lowest BCUT2D eigenvalue weighted by molar-refractivity contribution is 0.140. The minimum absolute atomic E-state index is 0.0664. The molecule has 2 heterocycles. The van der Waals surface area contributed by atoms with Crippen molar-refractivity contribution in [1.82, 2.24) is 0 Å². The predicted molar refractivity (Wildman–Crippen MR) is 64.1 cm³/mol. The zero-order valence-electron chi connectivity index (χ0n) is 9.58. The van der Waals surface area contributed by atoms with Crippen LogP contribution in [0.25, 0.3) is 0 Å². The van der Waals surface area contributed by atoms with Crippen molar-refractivity contribution in [2.45, 2.75) is 12.8 Å². The number of hydrogen-bond acceptors (Lipinski definition) is 5.